The fourth-order valence-electron chi connectivity index (χ4n) is 3.20. The molecule has 0 aromatic heterocycles. The van der Waals surface area contributed by atoms with Crippen LogP contribution in [0.1, 0.15) is 43.1 Å². The van der Waals surface area contributed by atoms with Crippen LogP contribution in [0.5, 0.6) is 0 Å². The molecule has 0 unspecified atom stereocenters. The predicted molar refractivity (Wildman–Crippen MR) is 119 cm³/mol. The Balaban J connectivity index is 2.15. The fourth-order valence-corrected chi connectivity index (χ4v) is 5.81. The summed E-state index contributed by atoms with van der Waals surface area (Å²) in [4.78, 5) is 11.9. The minimum absolute atomic E-state index is 0.459. The van der Waals surface area contributed by atoms with E-state index < -0.39 is 14.7 Å². The Morgan fingerprint density at radius 2 is 1.50 bits per heavy atom. The van der Waals surface area contributed by atoms with Gasteiger partial charge in [0.2, 0.25) is 5.91 Å². The summed E-state index contributed by atoms with van der Waals surface area (Å²) >= 11 is 0. The van der Waals surface area contributed by atoms with Crippen LogP contribution >= 0.6 is 0 Å². The topological polar surface area (TPSA) is 95.5 Å². The van der Waals surface area contributed by atoms with Gasteiger partial charge in [0.05, 0.1) is 11.4 Å². The molecule has 0 fully saturated rings. The van der Waals surface area contributed by atoms with E-state index in [4.69, 9.17) is 19.0 Å². The number of carbonyl (C=O) groups excluding carboxylic acids is 1. The van der Waals surface area contributed by atoms with Gasteiger partial charge >= 0.3 is 8.80 Å². The average Bonchev–Trinajstić information content (AvgIpc) is 2.73. The average molecular weight is 430 g/mol. The Morgan fingerprint density at radius 1 is 0.900 bits per heavy atom. The van der Waals surface area contributed by atoms with Gasteiger partial charge in [0.15, 0.2) is 0 Å². The largest absolute Gasteiger partial charge is 0.500 e. The third-order valence-corrected chi connectivity index (χ3v) is 7.56. The fraction of sp³-hybridized carbons (Fsp3) is 0.409. The molecular weight excluding hydrogens is 398 g/mol. The summed E-state index contributed by atoms with van der Waals surface area (Å²) in [6, 6.07) is 15.5. The van der Waals surface area contributed by atoms with Crippen molar-refractivity contribution in [2.24, 2.45) is 16.0 Å². The van der Waals surface area contributed by atoms with Gasteiger partial charge in [0.1, 0.15) is 0 Å². The lowest BCUT2D eigenvalue weighted by atomic mass is 10.0. The van der Waals surface area contributed by atoms with Gasteiger partial charge in [0, 0.05) is 31.4 Å². The van der Waals surface area contributed by atoms with Gasteiger partial charge in [-0.05, 0) is 69.5 Å². The maximum atomic E-state index is 11.9. The van der Waals surface area contributed by atoms with Crippen molar-refractivity contribution >= 4 is 26.1 Å². The van der Waals surface area contributed by atoms with Crippen LogP contribution in [-0.4, -0.2) is 34.5 Å². The van der Waals surface area contributed by atoms with Crippen LogP contribution in [0.2, 0.25) is 6.04 Å². The van der Waals surface area contributed by atoms with Crippen molar-refractivity contribution in [1.29, 1.82) is 0 Å². The van der Waals surface area contributed by atoms with Crippen molar-refractivity contribution in [2.75, 3.05) is 19.8 Å². The van der Waals surface area contributed by atoms with E-state index in [0.29, 0.717) is 43.5 Å². The highest BCUT2D eigenvalue weighted by Crippen LogP contribution is 2.25. The number of carbonyl (C=O) groups is 1. The molecule has 30 heavy (non-hydrogen) atoms. The van der Waals surface area contributed by atoms with Gasteiger partial charge in [-0.1, -0.05) is 18.2 Å². The Kier molecular flexibility index (Phi) is 9.82. The van der Waals surface area contributed by atoms with Crippen molar-refractivity contribution < 1.29 is 18.1 Å². The highest BCUT2D eigenvalue weighted by molar-refractivity contribution is 6.60. The molecule has 2 aromatic carbocycles. The minimum atomic E-state index is -2.72. The van der Waals surface area contributed by atoms with Gasteiger partial charge in [-0.25, -0.2) is 0 Å². The van der Waals surface area contributed by atoms with E-state index in [9.17, 15) is 4.79 Å². The minimum Gasteiger partial charge on any atom is -0.374 e. The summed E-state index contributed by atoms with van der Waals surface area (Å²) < 4.78 is 17.7. The Bertz CT molecular complexity index is 813. The smallest absolute Gasteiger partial charge is 0.374 e. The van der Waals surface area contributed by atoms with E-state index in [1.165, 1.54) is 0 Å². The molecule has 7 nitrogen and oxygen atoms in total. The van der Waals surface area contributed by atoms with E-state index in [-0.39, 0.29) is 0 Å². The summed E-state index contributed by atoms with van der Waals surface area (Å²) in [6.07, 6.45) is 1.38. The van der Waals surface area contributed by atoms with Crippen LogP contribution in [0, 0.1) is 0 Å². The number of hydrogen-bond acceptors (Lipinski definition) is 6. The predicted octanol–water partition coefficient (Wildman–Crippen LogP) is 5.18. The van der Waals surface area contributed by atoms with Crippen molar-refractivity contribution in [2.45, 2.75) is 39.7 Å². The monoisotopic (exact) mass is 429 g/mol. The lowest BCUT2D eigenvalue weighted by Crippen LogP contribution is -2.46. The molecule has 0 saturated heterocycles. The molecule has 0 heterocycles. The number of benzene rings is 2. The summed E-state index contributed by atoms with van der Waals surface area (Å²) in [7, 11) is -2.72. The molecule has 0 radical (unpaired) electrons. The summed E-state index contributed by atoms with van der Waals surface area (Å²) in [5.74, 6) is -0.459. The Hall–Kier alpha value is -2.39. The molecule has 162 valence electrons. The first-order chi connectivity index (χ1) is 14.5. The van der Waals surface area contributed by atoms with Gasteiger partial charge < -0.3 is 19.0 Å². The standard InChI is InChI=1S/C22H31N3O4Si/c1-4-27-30(28-5-2,29-6-3)16-10-11-18-17-20(14-15-21(18)22(23)26)25-24-19-12-8-7-9-13-19/h7-9,12-15,17H,4-6,10-11,16H2,1-3H3,(H2,23,26). The molecule has 2 N–H and O–H groups in total. The zero-order valence-corrected chi connectivity index (χ0v) is 19.0. The van der Waals surface area contributed by atoms with Crippen LogP contribution in [-0.2, 0) is 19.7 Å². The first-order valence-electron chi connectivity index (χ1n) is 10.3. The molecular formula is C22H31N3O4Si. The molecule has 0 saturated carbocycles. The van der Waals surface area contributed by atoms with E-state index in [1.807, 2.05) is 57.2 Å². The first-order valence-corrected chi connectivity index (χ1v) is 12.3. The second-order valence-electron chi connectivity index (χ2n) is 6.58. The number of hydrogen-bond donors (Lipinski definition) is 1. The molecule has 0 bridgehead atoms. The molecule has 0 aliphatic carbocycles. The number of rotatable bonds is 13. The lowest BCUT2D eigenvalue weighted by Gasteiger charge is -2.28. The molecule has 2 rings (SSSR count). The molecule has 0 spiro atoms. The molecule has 1 amide bonds. The zero-order chi connectivity index (χ0) is 21.8. The summed E-state index contributed by atoms with van der Waals surface area (Å²) in [6.45, 7) is 7.42. The second kappa shape index (κ2) is 12.3. The normalized spacial score (nSPS) is 11.8. The van der Waals surface area contributed by atoms with E-state index >= 15 is 0 Å². The van der Waals surface area contributed by atoms with E-state index in [2.05, 4.69) is 10.2 Å². The number of nitrogens with two attached hydrogens (primary N) is 1. The SMILES string of the molecule is CCO[Si](CCCc1cc(N=Nc2ccccc2)ccc1C(N)=O)(OCC)OCC. The number of primary amides is 1. The van der Waals surface area contributed by atoms with E-state index in [1.54, 1.807) is 12.1 Å². The maximum Gasteiger partial charge on any atom is 0.500 e. The maximum absolute atomic E-state index is 11.9. The van der Waals surface area contributed by atoms with Crippen LogP contribution < -0.4 is 5.73 Å². The highest BCUT2D eigenvalue weighted by atomic mass is 28.4. The Morgan fingerprint density at radius 3 is 2.07 bits per heavy atom. The van der Waals surface area contributed by atoms with Crippen LogP contribution in [0.4, 0.5) is 11.4 Å². The third kappa shape index (κ3) is 7.14. The van der Waals surface area contributed by atoms with Crippen molar-refractivity contribution in [3.05, 3.63) is 59.7 Å². The van der Waals surface area contributed by atoms with Gasteiger partial charge in [0.25, 0.3) is 0 Å². The molecule has 0 atom stereocenters. The van der Waals surface area contributed by atoms with Crippen LogP contribution in [0.15, 0.2) is 58.8 Å². The van der Waals surface area contributed by atoms with Crippen molar-refractivity contribution in [1.82, 2.24) is 0 Å². The number of amides is 1. The first kappa shape index (κ1) is 23.9. The zero-order valence-electron chi connectivity index (χ0n) is 18.0. The van der Waals surface area contributed by atoms with Gasteiger partial charge in [-0.3, -0.25) is 4.79 Å². The highest BCUT2D eigenvalue weighted by Gasteiger charge is 2.39. The molecule has 0 aliphatic rings. The summed E-state index contributed by atoms with van der Waals surface area (Å²) in [5.41, 5.74) is 8.33. The van der Waals surface area contributed by atoms with Crippen molar-refractivity contribution in [3.63, 3.8) is 0 Å². The Labute approximate surface area is 179 Å². The van der Waals surface area contributed by atoms with Crippen molar-refractivity contribution in [3.8, 4) is 0 Å². The third-order valence-electron chi connectivity index (χ3n) is 4.41. The number of nitrogens with zero attached hydrogens (tertiary/aromatic N) is 2. The van der Waals surface area contributed by atoms with Gasteiger partial charge in [-0.15, -0.1) is 0 Å². The molecule has 0 aliphatic heterocycles. The summed E-state index contributed by atoms with van der Waals surface area (Å²) in [5, 5.41) is 8.53. The second-order valence-corrected chi connectivity index (χ2v) is 9.31. The number of azo groups is 1. The molecule has 8 heteroatoms. The molecule has 2 aromatic rings. The lowest BCUT2D eigenvalue weighted by molar-refractivity contribution is 0.0708. The van der Waals surface area contributed by atoms with Gasteiger partial charge in [-0.2, -0.15) is 10.2 Å². The van der Waals surface area contributed by atoms with Crippen LogP contribution in [0.3, 0.4) is 0 Å². The van der Waals surface area contributed by atoms with Crippen LogP contribution in [0.25, 0.3) is 0 Å². The van der Waals surface area contributed by atoms with E-state index in [0.717, 1.165) is 17.7 Å². The quantitative estimate of drug-likeness (QED) is 0.350. The number of aryl methyl sites for hydroxylation is 1.